The van der Waals surface area contributed by atoms with E-state index in [1.807, 2.05) is 0 Å². The monoisotopic (exact) mass is 467 g/mol. The number of aliphatic carboxylic acids is 1. The molecule has 1 aliphatic rings. The van der Waals surface area contributed by atoms with E-state index in [1.54, 1.807) is 0 Å². The number of nitrogens with zero attached hydrogens (tertiary/aromatic N) is 2. The lowest BCUT2D eigenvalue weighted by Gasteiger charge is -2.29. The summed E-state index contributed by atoms with van der Waals surface area (Å²) in [7, 11) is 0. The lowest BCUT2D eigenvalue weighted by Crippen LogP contribution is -2.58. The summed E-state index contributed by atoms with van der Waals surface area (Å²) in [5, 5.41) is 23.7. The molecule has 1 aromatic rings. The number of amides is 4. The number of hydrogen-bond donors (Lipinski definition) is 7. The third kappa shape index (κ3) is 6.98. The number of primary amides is 1. The Kier molecular flexibility index (Phi) is 8.87. The number of aliphatic hydroxyl groups is 1. The standard InChI is InChI=1S/C19H29N7O7/c1-9(27)15(21)17(30)24-11(6-14(20)28)18(31)26-4-2-3-13(26)16(29)25-12(19(32)33)5-10-7-22-8-23-10/h7-9,11-13,15,27H,2-6,21H2,1H3,(H2,20,28)(H,22,23)(H,24,30)(H,25,29)(H,32,33). The molecule has 182 valence electrons. The molecule has 1 aromatic heterocycles. The first-order valence-corrected chi connectivity index (χ1v) is 10.3. The Balaban J connectivity index is 2.13. The minimum Gasteiger partial charge on any atom is -0.480 e. The molecule has 9 N–H and O–H groups in total. The van der Waals surface area contributed by atoms with E-state index in [2.05, 4.69) is 20.6 Å². The molecule has 0 radical (unpaired) electrons. The van der Waals surface area contributed by atoms with Gasteiger partial charge in [-0.05, 0) is 19.8 Å². The van der Waals surface area contributed by atoms with Crippen LogP contribution in [-0.2, 0) is 30.4 Å². The van der Waals surface area contributed by atoms with E-state index in [9.17, 15) is 34.2 Å². The molecule has 14 nitrogen and oxygen atoms in total. The van der Waals surface area contributed by atoms with E-state index in [1.165, 1.54) is 24.3 Å². The number of nitrogens with one attached hydrogen (secondary N) is 3. The molecule has 1 fully saturated rings. The van der Waals surface area contributed by atoms with Crippen molar-refractivity contribution in [1.82, 2.24) is 25.5 Å². The minimum absolute atomic E-state index is 0.0423. The second kappa shape index (κ2) is 11.4. The fourth-order valence-corrected chi connectivity index (χ4v) is 3.48. The number of rotatable bonds is 11. The predicted octanol–water partition coefficient (Wildman–Crippen LogP) is -3.42. The summed E-state index contributed by atoms with van der Waals surface area (Å²) in [6.07, 6.45) is 1.73. The topological polar surface area (TPSA) is 234 Å². The van der Waals surface area contributed by atoms with Crippen LogP contribution in [0.2, 0.25) is 0 Å². The second-order valence-corrected chi connectivity index (χ2v) is 7.87. The molecule has 0 spiro atoms. The summed E-state index contributed by atoms with van der Waals surface area (Å²) in [5.41, 5.74) is 11.3. The maximum atomic E-state index is 13.1. The number of carbonyl (C=O) groups is 5. The summed E-state index contributed by atoms with van der Waals surface area (Å²) >= 11 is 0. The number of carboxylic acids is 1. The summed E-state index contributed by atoms with van der Waals surface area (Å²) in [5.74, 6) is -4.42. The molecule has 1 aliphatic heterocycles. The molecule has 33 heavy (non-hydrogen) atoms. The zero-order chi connectivity index (χ0) is 24.7. The van der Waals surface area contributed by atoms with Gasteiger partial charge in [0.1, 0.15) is 24.2 Å². The van der Waals surface area contributed by atoms with E-state index >= 15 is 0 Å². The molecular weight excluding hydrogens is 438 g/mol. The van der Waals surface area contributed by atoms with Gasteiger partial charge in [-0.3, -0.25) is 19.2 Å². The lowest BCUT2D eigenvalue weighted by atomic mass is 10.1. The highest BCUT2D eigenvalue weighted by atomic mass is 16.4. The van der Waals surface area contributed by atoms with Crippen molar-refractivity contribution >= 4 is 29.6 Å². The van der Waals surface area contributed by atoms with Crippen molar-refractivity contribution in [3.8, 4) is 0 Å². The summed E-state index contributed by atoms with van der Waals surface area (Å²) < 4.78 is 0. The van der Waals surface area contributed by atoms with Gasteiger partial charge in [0.15, 0.2) is 0 Å². The largest absolute Gasteiger partial charge is 0.480 e. The number of carboxylic acid groups (broad SMARTS) is 1. The van der Waals surface area contributed by atoms with Crippen LogP contribution in [0, 0.1) is 0 Å². The number of hydrogen-bond acceptors (Lipinski definition) is 8. The Bertz CT molecular complexity index is 874. The highest BCUT2D eigenvalue weighted by Gasteiger charge is 2.39. The van der Waals surface area contributed by atoms with Gasteiger partial charge in [0.05, 0.1) is 18.9 Å². The van der Waals surface area contributed by atoms with Gasteiger partial charge in [-0.15, -0.1) is 0 Å². The van der Waals surface area contributed by atoms with Crippen LogP contribution in [0.4, 0.5) is 0 Å². The molecule has 2 rings (SSSR count). The van der Waals surface area contributed by atoms with E-state index in [4.69, 9.17) is 11.5 Å². The van der Waals surface area contributed by atoms with Crippen LogP contribution in [0.25, 0.3) is 0 Å². The molecule has 0 saturated carbocycles. The van der Waals surface area contributed by atoms with Gasteiger partial charge >= 0.3 is 5.97 Å². The first-order valence-electron chi connectivity index (χ1n) is 10.3. The van der Waals surface area contributed by atoms with Crippen LogP contribution < -0.4 is 22.1 Å². The van der Waals surface area contributed by atoms with Crippen LogP contribution in [0.3, 0.4) is 0 Å². The summed E-state index contributed by atoms with van der Waals surface area (Å²) in [6.45, 7) is 1.45. The second-order valence-electron chi connectivity index (χ2n) is 7.87. The quantitative estimate of drug-likeness (QED) is 0.171. The van der Waals surface area contributed by atoms with Gasteiger partial charge in [-0.1, -0.05) is 0 Å². The van der Waals surface area contributed by atoms with Gasteiger partial charge in [0.2, 0.25) is 23.6 Å². The van der Waals surface area contributed by atoms with Crippen LogP contribution in [0.1, 0.15) is 31.9 Å². The molecule has 0 bridgehead atoms. The molecule has 4 amide bonds. The van der Waals surface area contributed by atoms with E-state index < -0.39 is 66.3 Å². The number of nitrogens with two attached hydrogens (primary N) is 2. The molecule has 5 atom stereocenters. The fraction of sp³-hybridized carbons (Fsp3) is 0.579. The van der Waals surface area contributed by atoms with Crippen LogP contribution in [0.15, 0.2) is 12.5 Å². The zero-order valence-corrected chi connectivity index (χ0v) is 18.1. The van der Waals surface area contributed by atoms with Crippen molar-refractivity contribution in [1.29, 1.82) is 0 Å². The number of aromatic nitrogens is 2. The molecule has 5 unspecified atom stereocenters. The average Bonchev–Trinajstić information content (AvgIpc) is 3.43. The maximum Gasteiger partial charge on any atom is 0.326 e. The Morgan fingerprint density at radius 3 is 2.52 bits per heavy atom. The van der Waals surface area contributed by atoms with Gasteiger partial charge in [0, 0.05) is 24.9 Å². The average molecular weight is 467 g/mol. The Morgan fingerprint density at radius 2 is 1.97 bits per heavy atom. The third-order valence-electron chi connectivity index (χ3n) is 5.27. The van der Waals surface area contributed by atoms with Crippen LogP contribution >= 0.6 is 0 Å². The number of imidazole rings is 1. The van der Waals surface area contributed by atoms with E-state index in [0.717, 1.165) is 0 Å². The van der Waals surface area contributed by atoms with Gasteiger partial charge in [0.25, 0.3) is 0 Å². The van der Waals surface area contributed by atoms with Crippen molar-refractivity contribution in [2.75, 3.05) is 6.54 Å². The summed E-state index contributed by atoms with van der Waals surface area (Å²) in [4.78, 5) is 68.9. The number of likely N-dealkylation sites (tertiary alicyclic amines) is 1. The Hall–Kier alpha value is -3.52. The molecule has 0 aromatic carbocycles. The molecule has 1 saturated heterocycles. The maximum absolute atomic E-state index is 13.1. The minimum atomic E-state index is -1.39. The number of H-pyrrole nitrogens is 1. The van der Waals surface area contributed by atoms with E-state index in [-0.39, 0.29) is 19.4 Å². The normalized spacial score (nSPS) is 19.2. The van der Waals surface area contributed by atoms with E-state index in [0.29, 0.717) is 12.1 Å². The fourth-order valence-electron chi connectivity index (χ4n) is 3.48. The van der Waals surface area contributed by atoms with Crippen molar-refractivity contribution in [3.05, 3.63) is 18.2 Å². The van der Waals surface area contributed by atoms with Crippen molar-refractivity contribution in [3.63, 3.8) is 0 Å². The first kappa shape index (κ1) is 25.7. The highest BCUT2D eigenvalue weighted by Crippen LogP contribution is 2.20. The highest BCUT2D eigenvalue weighted by molar-refractivity contribution is 5.96. The lowest BCUT2D eigenvalue weighted by molar-refractivity contribution is -0.145. The SMILES string of the molecule is CC(O)C(N)C(=O)NC(CC(N)=O)C(=O)N1CCCC1C(=O)NC(Cc1cnc[nH]1)C(=O)O. The Morgan fingerprint density at radius 1 is 1.27 bits per heavy atom. The Labute approximate surface area is 189 Å². The van der Waals surface area contributed by atoms with Crippen molar-refractivity contribution in [2.24, 2.45) is 11.5 Å². The smallest absolute Gasteiger partial charge is 0.326 e. The molecule has 0 aliphatic carbocycles. The zero-order valence-electron chi connectivity index (χ0n) is 18.1. The number of carbonyl (C=O) groups excluding carboxylic acids is 4. The number of aliphatic hydroxyl groups excluding tert-OH is 1. The van der Waals surface area contributed by atoms with Crippen LogP contribution in [-0.4, -0.2) is 91.5 Å². The predicted molar refractivity (Wildman–Crippen MR) is 112 cm³/mol. The molecule has 2 heterocycles. The van der Waals surface area contributed by atoms with Gasteiger partial charge in [-0.25, -0.2) is 9.78 Å². The molecule has 14 heteroatoms. The van der Waals surface area contributed by atoms with Crippen molar-refractivity contribution in [2.45, 2.75) is 62.9 Å². The summed E-state index contributed by atoms with van der Waals surface area (Å²) in [6, 6.07) is -5.00. The third-order valence-corrected chi connectivity index (χ3v) is 5.27. The van der Waals surface area contributed by atoms with Gasteiger partial charge in [-0.2, -0.15) is 0 Å². The number of aromatic amines is 1. The van der Waals surface area contributed by atoms with Gasteiger partial charge < -0.3 is 42.2 Å². The first-order chi connectivity index (χ1) is 15.5. The molecular formula is C19H29N7O7. The van der Waals surface area contributed by atoms with Crippen molar-refractivity contribution < 1.29 is 34.2 Å². The van der Waals surface area contributed by atoms with Crippen LogP contribution in [0.5, 0.6) is 0 Å².